The molecule has 0 aliphatic carbocycles. The van der Waals surface area contributed by atoms with E-state index in [-0.39, 0.29) is 5.57 Å². The quantitative estimate of drug-likeness (QED) is 0.681. The van der Waals surface area contributed by atoms with Gasteiger partial charge in [-0.1, -0.05) is 55.5 Å². The van der Waals surface area contributed by atoms with Crippen LogP contribution in [0, 0.1) is 11.3 Å². The smallest absolute Gasteiger partial charge is 0.329 e. The van der Waals surface area contributed by atoms with E-state index < -0.39 is 5.97 Å². The minimum absolute atomic E-state index is 0.180. The van der Waals surface area contributed by atoms with Crippen molar-refractivity contribution >= 4 is 11.5 Å². The summed E-state index contributed by atoms with van der Waals surface area (Å²) in [5.41, 5.74) is 3.98. The molecule has 0 unspecified atom stereocenters. The number of allylic oxidation sites excluding steroid dienone is 1. The van der Waals surface area contributed by atoms with E-state index in [0.717, 1.165) is 29.2 Å². The van der Waals surface area contributed by atoms with Gasteiger partial charge in [-0.15, -0.1) is 0 Å². The molecule has 0 amide bonds. The third-order valence-corrected chi connectivity index (χ3v) is 3.27. The van der Waals surface area contributed by atoms with Gasteiger partial charge in [0.1, 0.15) is 6.07 Å². The molecule has 0 saturated carbocycles. The van der Waals surface area contributed by atoms with Crippen LogP contribution in [0.2, 0.25) is 0 Å². The number of benzene rings is 2. The zero-order valence-corrected chi connectivity index (χ0v) is 11.7. The van der Waals surface area contributed by atoms with Gasteiger partial charge in [0, 0.05) is 6.08 Å². The normalized spacial score (nSPS) is 11.0. The number of aryl methyl sites for hydroxylation is 1. The van der Waals surface area contributed by atoms with Crippen molar-refractivity contribution < 1.29 is 9.90 Å². The number of nitrogens with zero attached hydrogens (tertiary/aromatic N) is 1. The highest BCUT2D eigenvalue weighted by Gasteiger charge is 2.10. The topological polar surface area (TPSA) is 61.1 Å². The number of carboxylic acid groups (broad SMARTS) is 1. The van der Waals surface area contributed by atoms with E-state index in [1.54, 1.807) is 0 Å². The lowest BCUT2D eigenvalue weighted by Gasteiger charge is -2.10. The maximum absolute atomic E-state index is 10.8. The monoisotopic (exact) mass is 277 g/mol. The van der Waals surface area contributed by atoms with Gasteiger partial charge in [0.05, 0.1) is 5.57 Å². The molecule has 0 radical (unpaired) electrons. The lowest BCUT2D eigenvalue weighted by atomic mass is 9.94. The number of aliphatic carboxylic acids is 1. The first-order valence-electron chi connectivity index (χ1n) is 6.69. The average Bonchev–Trinajstić information content (AvgIpc) is 2.52. The molecule has 2 rings (SSSR count). The number of carboxylic acids is 1. The molecule has 2 aromatic carbocycles. The van der Waals surface area contributed by atoms with E-state index in [2.05, 4.69) is 0 Å². The fourth-order valence-electron chi connectivity index (χ4n) is 2.25. The third kappa shape index (κ3) is 3.37. The van der Waals surface area contributed by atoms with Crippen molar-refractivity contribution in [3.63, 3.8) is 0 Å². The summed E-state index contributed by atoms with van der Waals surface area (Å²) in [7, 11) is 0. The Hall–Kier alpha value is -2.86. The van der Waals surface area contributed by atoms with Crippen molar-refractivity contribution in [2.75, 3.05) is 0 Å². The van der Waals surface area contributed by atoms with Crippen molar-refractivity contribution in [2.45, 2.75) is 13.3 Å². The maximum atomic E-state index is 10.8. The summed E-state index contributed by atoms with van der Waals surface area (Å²) in [6.07, 6.45) is 1.69. The second kappa shape index (κ2) is 6.53. The number of hydrogen-bond donors (Lipinski definition) is 1. The van der Waals surface area contributed by atoms with Crippen molar-refractivity contribution in [2.24, 2.45) is 0 Å². The highest BCUT2D eigenvalue weighted by atomic mass is 16.4. The first kappa shape index (κ1) is 14.5. The maximum Gasteiger partial charge on any atom is 0.329 e. The summed E-state index contributed by atoms with van der Waals surface area (Å²) in [5, 5.41) is 18.0. The average molecular weight is 277 g/mol. The van der Waals surface area contributed by atoms with E-state index in [9.17, 15) is 4.79 Å². The lowest BCUT2D eigenvalue weighted by Crippen LogP contribution is -1.96. The number of carbonyl (C=O) groups is 1. The summed E-state index contributed by atoms with van der Waals surface area (Å²) in [5.74, 6) is -1.11. The van der Waals surface area contributed by atoms with Crippen LogP contribution < -0.4 is 0 Å². The number of hydrogen-bond acceptors (Lipinski definition) is 2. The Kier molecular flexibility index (Phi) is 4.53. The molecule has 0 atom stereocenters. The summed E-state index contributed by atoms with van der Waals surface area (Å²) >= 11 is 0. The van der Waals surface area contributed by atoms with E-state index >= 15 is 0 Å². The Morgan fingerprint density at radius 2 is 1.90 bits per heavy atom. The Morgan fingerprint density at radius 3 is 2.48 bits per heavy atom. The molecule has 1 N–H and O–H groups in total. The second-order valence-electron chi connectivity index (χ2n) is 4.60. The fourth-order valence-corrected chi connectivity index (χ4v) is 2.25. The molecule has 2 aromatic rings. The van der Waals surface area contributed by atoms with E-state index in [0.29, 0.717) is 5.56 Å². The van der Waals surface area contributed by atoms with E-state index in [1.807, 2.05) is 61.5 Å². The first-order valence-corrected chi connectivity index (χ1v) is 6.69. The highest BCUT2D eigenvalue weighted by Crippen LogP contribution is 2.26. The molecule has 0 spiro atoms. The van der Waals surface area contributed by atoms with Crippen LogP contribution >= 0.6 is 0 Å². The summed E-state index contributed by atoms with van der Waals surface area (Å²) in [6.45, 7) is 1.99. The Morgan fingerprint density at radius 1 is 1.19 bits per heavy atom. The minimum atomic E-state index is -1.11. The molecular formula is C18H15NO2. The molecule has 0 aliphatic heterocycles. The van der Waals surface area contributed by atoms with Gasteiger partial charge >= 0.3 is 5.97 Å². The SMILES string of the molecule is CCc1cc(-c2ccccc2)ccc1C(C#N)=CC(=O)O. The van der Waals surface area contributed by atoms with Crippen LogP contribution in [0.4, 0.5) is 0 Å². The van der Waals surface area contributed by atoms with Gasteiger partial charge < -0.3 is 5.11 Å². The van der Waals surface area contributed by atoms with Gasteiger partial charge in [0.2, 0.25) is 0 Å². The van der Waals surface area contributed by atoms with Crippen LogP contribution in [0.15, 0.2) is 54.6 Å². The van der Waals surface area contributed by atoms with Crippen molar-refractivity contribution in [3.05, 3.63) is 65.7 Å². The van der Waals surface area contributed by atoms with Crippen LogP contribution in [0.1, 0.15) is 18.1 Å². The van der Waals surface area contributed by atoms with E-state index in [1.165, 1.54) is 0 Å². The highest BCUT2D eigenvalue weighted by molar-refractivity contribution is 5.95. The Balaban J connectivity index is 2.52. The molecule has 0 heterocycles. The molecule has 21 heavy (non-hydrogen) atoms. The van der Waals surface area contributed by atoms with Crippen LogP contribution in [-0.4, -0.2) is 11.1 Å². The van der Waals surface area contributed by atoms with Gasteiger partial charge in [0.25, 0.3) is 0 Å². The predicted molar refractivity (Wildman–Crippen MR) is 82.5 cm³/mol. The van der Waals surface area contributed by atoms with Crippen LogP contribution in [0.25, 0.3) is 16.7 Å². The van der Waals surface area contributed by atoms with Crippen molar-refractivity contribution in [3.8, 4) is 17.2 Å². The van der Waals surface area contributed by atoms with Crippen molar-refractivity contribution in [1.82, 2.24) is 0 Å². The van der Waals surface area contributed by atoms with Gasteiger partial charge in [-0.25, -0.2) is 4.79 Å². The Bertz CT molecular complexity index is 725. The third-order valence-electron chi connectivity index (χ3n) is 3.27. The minimum Gasteiger partial charge on any atom is -0.478 e. The largest absolute Gasteiger partial charge is 0.478 e. The van der Waals surface area contributed by atoms with Crippen LogP contribution in [-0.2, 0) is 11.2 Å². The molecular weight excluding hydrogens is 262 g/mol. The number of rotatable bonds is 4. The summed E-state index contributed by atoms with van der Waals surface area (Å²) in [6, 6.07) is 17.7. The molecule has 104 valence electrons. The van der Waals surface area contributed by atoms with Crippen LogP contribution in [0.3, 0.4) is 0 Å². The number of nitriles is 1. The molecule has 0 fully saturated rings. The summed E-state index contributed by atoms with van der Waals surface area (Å²) in [4.78, 5) is 10.8. The zero-order valence-electron chi connectivity index (χ0n) is 11.7. The second-order valence-corrected chi connectivity index (χ2v) is 4.60. The van der Waals surface area contributed by atoms with Gasteiger partial charge in [-0.2, -0.15) is 5.26 Å². The van der Waals surface area contributed by atoms with Gasteiger partial charge in [-0.3, -0.25) is 0 Å². The van der Waals surface area contributed by atoms with Gasteiger partial charge in [0.15, 0.2) is 0 Å². The van der Waals surface area contributed by atoms with Crippen molar-refractivity contribution in [1.29, 1.82) is 5.26 Å². The summed E-state index contributed by atoms with van der Waals surface area (Å²) < 4.78 is 0. The van der Waals surface area contributed by atoms with Gasteiger partial charge in [-0.05, 0) is 28.7 Å². The molecule has 3 heteroatoms. The van der Waals surface area contributed by atoms with Crippen LogP contribution in [0.5, 0.6) is 0 Å². The molecule has 0 aliphatic rings. The first-order chi connectivity index (χ1) is 10.2. The predicted octanol–water partition coefficient (Wildman–Crippen LogP) is 3.91. The zero-order chi connectivity index (χ0) is 15.2. The molecule has 0 bridgehead atoms. The standard InChI is InChI=1S/C18H15NO2/c1-2-13-10-15(14-6-4-3-5-7-14)8-9-17(13)16(12-19)11-18(20)21/h3-11H,2H2,1H3,(H,20,21). The molecule has 0 saturated heterocycles. The Labute approximate surface area is 123 Å². The molecule has 0 aromatic heterocycles. The van der Waals surface area contributed by atoms with E-state index in [4.69, 9.17) is 10.4 Å². The molecule has 3 nitrogen and oxygen atoms in total. The fraction of sp³-hybridized carbons (Fsp3) is 0.111. The lowest BCUT2D eigenvalue weighted by molar-refractivity contribution is -0.131.